The van der Waals surface area contributed by atoms with Crippen LogP contribution >= 0.6 is 0 Å². The lowest BCUT2D eigenvalue weighted by atomic mass is 10.1. The van der Waals surface area contributed by atoms with Gasteiger partial charge in [-0.2, -0.15) is 0 Å². The van der Waals surface area contributed by atoms with Gasteiger partial charge >= 0.3 is 0 Å². The molecule has 1 aliphatic rings. The molecule has 0 aromatic heterocycles. The molecule has 26 heavy (non-hydrogen) atoms. The van der Waals surface area contributed by atoms with E-state index in [1.165, 1.54) is 22.4 Å². The SMILES string of the molecule is Cc1ccc(CNCC(=O)Nc2ccc(N3CCNCC3)cc2)c(C)c1. The van der Waals surface area contributed by atoms with Gasteiger partial charge in [0.05, 0.1) is 6.54 Å². The van der Waals surface area contributed by atoms with E-state index in [9.17, 15) is 4.79 Å². The summed E-state index contributed by atoms with van der Waals surface area (Å²) in [5.41, 5.74) is 5.78. The molecule has 0 atom stereocenters. The van der Waals surface area contributed by atoms with Crippen LogP contribution in [0.3, 0.4) is 0 Å². The van der Waals surface area contributed by atoms with E-state index < -0.39 is 0 Å². The van der Waals surface area contributed by atoms with Crippen LogP contribution in [0.2, 0.25) is 0 Å². The summed E-state index contributed by atoms with van der Waals surface area (Å²) in [6, 6.07) is 14.5. The number of nitrogens with zero attached hydrogens (tertiary/aromatic N) is 1. The molecule has 1 heterocycles. The molecule has 0 radical (unpaired) electrons. The van der Waals surface area contributed by atoms with E-state index >= 15 is 0 Å². The lowest BCUT2D eigenvalue weighted by molar-refractivity contribution is -0.115. The molecule has 1 amide bonds. The smallest absolute Gasteiger partial charge is 0.238 e. The number of hydrogen-bond acceptors (Lipinski definition) is 4. The Hall–Kier alpha value is -2.37. The predicted molar refractivity (Wildman–Crippen MR) is 108 cm³/mol. The lowest BCUT2D eigenvalue weighted by Gasteiger charge is -2.29. The molecule has 0 spiro atoms. The van der Waals surface area contributed by atoms with Crippen molar-refractivity contribution in [2.24, 2.45) is 0 Å². The Kier molecular flexibility index (Phi) is 6.26. The number of piperazine rings is 1. The molecule has 0 saturated carbocycles. The summed E-state index contributed by atoms with van der Waals surface area (Å²) in [6.45, 7) is 9.26. The Morgan fingerprint density at radius 1 is 1.08 bits per heavy atom. The van der Waals surface area contributed by atoms with Crippen molar-refractivity contribution in [2.45, 2.75) is 20.4 Å². The molecule has 0 bridgehead atoms. The normalized spacial score (nSPS) is 14.3. The van der Waals surface area contributed by atoms with Gasteiger partial charge in [0.2, 0.25) is 5.91 Å². The highest BCUT2D eigenvalue weighted by Gasteiger charge is 2.10. The topological polar surface area (TPSA) is 56.4 Å². The molecule has 2 aromatic rings. The molecule has 5 heteroatoms. The summed E-state index contributed by atoms with van der Waals surface area (Å²) >= 11 is 0. The van der Waals surface area contributed by atoms with Crippen molar-refractivity contribution >= 4 is 17.3 Å². The molecule has 1 aliphatic heterocycles. The van der Waals surface area contributed by atoms with Crippen LogP contribution in [0.5, 0.6) is 0 Å². The van der Waals surface area contributed by atoms with Crippen LogP contribution in [-0.4, -0.2) is 38.6 Å². The molecular formula is C21H28N4O. The largest absolute Gasteiger partial charge is 0.369 e. The molecule has 3 N–H and O–H groups in total. The van der Waals surface area contributed by atoms with Crippen molar-refractivity contribution in [3.05, 3.63) is 59.2 Å². The van der Waals surface area contributed by atoms with Gasteiger partial charge in [0.1, 0.15) is 0 Å². The van der Waals surface area contributed by atoms with Crippen LogP contribution in [0, 0.1) is 13.8 Å². The molecule has 0 unspecified atom stereocenters. The third-order valence-corrected chi connectivity index (χ3v) is 4.73. The first-order valence-corrected chi connectivity index (χ1v) is 9.24. The molecule has 2 aromatic carbocycles. The average Bonchev–Trinajstić information content (AvgIpc) is 2.65. The highest BCUT2D eigenvalue weighted by atomic mass is 16.1. The van der Waals surface area contributed by atoms with E-state index in [1.807, 2.05) is 12.1 Å². The maximum absolute atomic E-state index is 12.1. The number of hydrogen-bond donors (Lipinski definition) is 3. The van der Waals surface area contributed by atoms with Gasteiger partial charge in [0, 0.05) is 44.1 Å². The van der Waals surface area contributed by atoms with E-state index in [0.29, 0.717) is 13.1 Å². The first-order chi connectivity index (χ1) is 12.6. The minimum absolute atomic E-state index is 0.0234. The Morgan fingerprint density at radius 2 is 1.81 bits per heavy atom. The van der Waals surface area contributed by atoms with Gasteiger partial charge in [0.25, 0.3) is 0 Å². The first-order valence-electron chi connectivity index (χ1n) is 9.24. The zero-order chi connectivity index (χ0) is 18.4. The fourth-order valence-corrected chi connectivity index (χ4v) is 3.24. The van der Waals surface area contributed by atoms with Crippen LogP contribution in [0.4, 0.5) is 11.4 Å². The first kappa shape index (κ1) is 18.4. The predicted octanol–water partition coefficient (Wildman–Crippen LogP) is 2.44. The highest BCUT2D eigenvalue weighted by molar-refractivity contribution is 5.92. The fraction of sp³-hybridized carbons (Fsp3) is 0.381. The average molecular weight is 352 g/mol. The number of carbonyl (C=O) groups is 1. The molecule has 1 fully saturated rings. The number of carbonyl (C=O) groups excluding carboxylic acids is 1. The number of rotatable bonds is 6. The molecular weight excluding hydrogens is 324 g/mol. The molecule has 3 rings (SSSR count). The van der Waals surface area contributed by atoms with E-state index in [4.69, 9.17) is 0 Å². The van der Waals surface area contributed by atoms with Crippen LogP contribution in [0.25, 0.3) is 0 Å². The van der Waals surface area contributed by atoms with Gasteiger partial charge < -0.3 is 20.9 Å². The summed E-state index contributed by atoms with van der Waals surface area (Å²) in [5, 5.41) is 9.52. The number of nitrogens with one attached hydrogen (secondary N) is 3. The van der Waals surface area contributed by atoms with Gasteiger partial charge in [-0.15, -0.1) is 0 Å². The molecule has 1 saturated heterocycles. The zero-order valence-corrected chi connectivity index (χ0v) is 15.6. The van der Waals surface area contributed by atoms with Crippen molar-refractivity contribution in [1.29, 1.82) is 0 Å². The van der Waals surface area contributed by atoms with Gasteiger partial charge in [-0.1, -0.05) is 23.8 Å². The Morgan fingerprint density at radius 3 is 2.50 bits per heavy atom. The number of benzene rings is 2. The second-order valence-electron chi connectivity index (χ2n) is 6.87. The number of amides is 1. The summed E-state index contributed by atoms with van der Waals surface area (Å²) in [5.74, 6) is -0.0234. The second-order valence-corrected chi connectivity index (χ2v) is 6.87. The lowest BCUT2D eigenvalue weighted by Crippen LogP contribution is -2.43. The highest BCUT2D eigenvalue weighted by Crippen LogP contribution is 2.18. The van der Waals surface area contributed by atoms with E-state index in [1.54, 1.807) is 0 Å². The summed E-state index contributed by atoms with van der Waals surface area (Å²) in [4.78, 5) is 14.5. The molecule has 5 nitrogen and oxygen atoms in total. The Bertz CT molecular complexity index is 736. The van der Waals surface area contributed by atoms with Crippen LogP contribution in [0.15, 0.2) is 42.5 Å². The minimum atomic E-state index is -0.0234. The standard InChI is InChI=1S/C21H28N4O/c1-16-3-4-18(17(2)13-16)14-23-15-21(26)24-19-5-7-20(8-6-19)25-11-9-22-10-12-25/h3-8,13,22-23H,9-12,14-15H2,1-2H3,(H,24,26). The summed E-state index contributed by atoms with van der Waals surface area (Å²) in [7, 11) is 0. The van der Waals surface area contributed by atoms with Crippen LogP contribution in [0.1, 0.15) is 16.7 Å². The quantitative estimate of drug-likeness (QED) is 0.747. The van der Waals surface area contributed by atoms with E-state index in [0.717, 1.165) is 31.9 Å². The minimum Gasteiger partial charge on any atom is -0.369 e. The maximum Gasteiger partial charge on any atom is 0.238 e. The van der Waals surface area contributed by atoms with Crippen molar-refractivity contribution in [3.8, 4) is 0 Å². The summed E-state index contributed by atoms with van der Waals surface area (Å²) < 4.78 is 0. The molecule has 138 valence electrons. The van der Waals surface area contributed by atoms with Crippen LogP contribution < -0.4 is 20.9 Å². The zero-order valence-electron chi connectivity index (χ0n) is 15.6. The van der Waals surface area contributed by atoms with Gasteiger partial charge in [-0.3, -0.25) is 4.79 Å². The number of anilines is 2. The second kappa shape index (κ2) is 8.83. The third-order valence-electron chi connectivity index (χ3n) is 4.73. The van der Waals surface area contributed by atoms with Gasteiger partial charge in [-0.25, -0.2) is 0 Å². The van der Waals surface area contributed by atoms with Gasteiger partial charge in [0.15, 0.2) is 0 Å². The van der Waals surface area contributed by atoms with Crippen molar-refractivity contribution in [1.82, 2.24) is 10.6 Å². The third kappa shape index (κ3) is 5.07. The fourth-order valence-electron chi connectivity index (χ4n) is 3.24. The van der Waals surface area contributed by atoms with Gasteiger partial charge in [-0.05, 0) is 49.2 Å². The molecule has 0 aliphatic carbocycles. The summed E-state index contributed by atoms with van der Waals surface area (Å²) in [6.07, 6.45) is 0. The Labute approximate surface area is 155 Å². The van der Waals surface area contributed by atoms with E-state index in [2.05, 4.69) is 65.0 Å². The maximum atomic E-state index is 12.1. The van der Waals surface area contributed by atoms with Crippen molar-refractivity contribution < 1.29 is 4.79 Å². The Balaban J connectivity index is 1.45. The monoisotopic (exact) mass is 352 g/mol. The van der Waals surface area contributed by atoms with Crippen LogP contribution in [-0.2, 0) is 11.3 Å². The number of aryl methyl sites for hydroxylation is 2. The van der Waals surface area contributed by atoms with Crippen molar-refractivity contribution in [3.63, 3.8) is 0 Å². The van der Waals surface area contributed by atoms with Crippen molar-refractivity contribution in [2.75, 3.05) is 42.9 Å². The van der Waals surface area contributed by atoms with E-state index in [-0.39, 0.29) is 5.91 Å².